The van der Waals surface area contributed by atoms with E-state index in [1.807, 2.05) is 18.2 Å². The van der Waals surface area contributed by atoms with Gasteiger partial charge in [-0.1, -0.05) is 51.3 Å². The third-order valence-electron chi connectivity index (χ3n) is 3.82. The zero-order valence-corrected chi connectivity index (χ0v) is 13.1. The molecule has 0 radical (unpaired) electrons. The number of aliphatic imine (C=N–C) groups is 2. The Morgan fingerprint density at radius 3 is 3.00 bits per heavy atom. The number of fused-ring (bicyclic) bond motifs is 1. The first-order chi connectivity index (χ1) is 9.74. The Kier molecular flexibility index (Phi) is 5.65. The Balaban J connectivity index is 2.05. The molecule has 1 N–H and O–H groups in total. The second kappa shape index (κ2) is 7.48. The second-order valence-corrected chi connectivity index (χ2v) is 5.72. The van der Waals surface area contributed by atoms with Gasteiger partial charge >= 0.3 is 0 Å². The SMILES string of the molecule is CCCCC(CC)CN=C1NC(=S)N=C2C=CC=CC21. The molecular formula is C16H23N3S. The molecule has 1 heterocycles. The van der Waals surface area contributed by atoms with E-state index in [9.17, 15) is 0 Å². The minimum atomic E-state index is 0.149. The molecule has 20 heavy (non-hydrogen) atoms. The normalized spacial score (nSPS) is 24.3. The molecule has 1 aliphatic heterocycles. The van der Waals surface area contributed by atoms with Gasteiger partial charge in [0.15, 0.2) is 5.11 Å². The van der Waals surface area contributed by atoms with Gasteiger partial charge in [0.1, 0.15) is 5.84 Å². The van der Waals surface area contributed by atoms with E-state index < -0.39 is 0 Å². The molecule has 0 aromatic rings. The van der Waals surface area contributed by atoms with E-state index >= 15 is 0 Å². The lowest BCUT2D eigenvalue weighted by molar-refractivity contribution is 0.462. The molecule has 0 bridgehead atoms. The van der Waals surface area contributed by atoms with Crippen LogP contribution in [0.4, 0.5) is 0 Å². The van der Waals surface area contributed by atoms with Crippen LogP contribution in [-0.4, -0.2) is 23.2 Å². The lowest BCUT2D eigenvalue weighted by Crippen LogP contribution is -2.42. The van der Waals surface area contributed by atoms with Gasteiger partial charge < -0.3 is 5.32 Å². The molecule has 2 aliphatic rings. The van der Waals surface area contributed by atoms with Crippen molar-refractivity contribution in [3.8, 4) is 0 Å². The highest BCUT2D eigenvalue weighted by molar-refractivity contribution is 7.80. The van der Waals surface area contributed by atoms with Crippen LogP contribution in [0.3, 0.4) is 0 Å². The highest BCUT2D eigenvalue weighted by atomic mass is 32.1. The third kappa shape index (κ3) is 3.85. The van der Waals surface area contributed by atoms with Crippen LogP contribution < -0.4 is 5.32 Å². The molecule has 0 saturated carbocycles. The Labute approximate surface area is 127 Å². The molecule has 2 atom stereocenters. The average molecular weight is 289 g/mol. The third-order valence-corrected chi connectivity index (χ3v) is 4.02. The predicted molar refractivity (Wildman–Crippen MR) is 90.5 cm³/mol. The first-order valence-corrected chi connectivity index (χ1v) is 7.94. The van der Waals surface area contributed by atoms with Crippen molar-refractivity contribution in [1.29, 1.82) is 0 Å². The number of nitrogens with zero attached hydrogens (tertiary/aromatic N) is 2. The lowest BCUT2D eigenvalue weighted by atomic mass is 9.95. The van der Waals surface area contributed by atoms with Gasteiger partial charge in [-0.3, -0.25) is 4.99 Å². The molecule has 3 nitrogen and oxygen atoms in total. The van der Waals surface area contributed by atoms with Crippen molar-refractivity contribution in [2.45, 2.75) is 39.5 Å². The van der Waals surface area contributed by atoms with Gasteiger partial charge in [-0.25, -0.2) is 4.99 Å². The zero-order chi connectivity index (χ0) is 14.4. The monoisotopic (exact) mass is 289 g/mol. The van der Waals surface area contributed by atoms with Gasteiger partial charge in [0.05, 0.1) is 11.6 Å². The van der Waals surface area contributed by atoms with Gasteiger partial charge in [-0.05, 0) is 30.6 Å². The second-order valence-electron chi connectivity index (χ2n) is 5.33. The molecular weight excluding hydrogens is 266 g/mol. The minimum Gasteiger partial charge on any atom is -0.319 e. The average Bonchev–Trinajstić information content (AvgIpc) is 2.47. The molecule has 0 saturated heterocycles. The molecule has 0 spiro atoms. The largest absolute Gasteiger partial charge is 0.319 e. The van der Waals surface area contributed by atoms with Gasteiger partial charge in [0.25, 0.3) is 0 Å². The van der Waals surface area contributed by atoms with E-state index in [4.69, 9.17) is 17.2 Å². The fraction of sp³-hybridized carbons (Fsp3) is 0.562. The molecule has 0 aromatic carbocycles. The first kappa shape index (κ1) is 15.1. The van der Waals surface area contributed by atoms with Crippen LogP contribution in [-0.2, 0) is 0 Å². The summed E-state index contributed by atoms with van der Waals surface area (Å²) in [4.78, 5) is 9.16. The number of allylic oxidation sites excluding steroid dienone is 3. The Morgan fingerprint density at radius 1 is 1.40 bits per heavy atom. The van der Waals surface area contributed by atoms with E-state index in [0.717, 1.165) is 18.1 Å². The van der Waals surface area contributed by atoms with Crippen LogP contribution >= 0.6 is 12.2 Å². The number of thiocarbonyl (C=S) groups is 1. The summed E-state index contributed by atoms with van der Waals surface area (Å²) in [6.07, 6.45) is 13.2. The summed E-state index contributed by atoms with van der Waals surface area (Å²) in [7, 11) is 0. The highest BCUT2D eigenvalue weighted by Crippen LogP contribution is 2.17. The molecule has 1 aliphatic carbocycles. The van der Waals surface area contributed by atoms with Crippen LogP contribution in [0, 0.1) is 11.8 Å². The topological polar surface area (TPSA) is 36.8 Å². The van der Waals surface area contributed by atoms with Crippen LogP contribution in [0.25, 0.3) is 0 Å². The maximum absolute atomic E-state index is 5.19. The van der Waals surface area contributed by atoms with Crippen molar-refractivity contribution in [3.63, 3.8) is 0 Å². The van der Waals surface area contributed by atoms with Gasteiger partial charge in [0, 0.05) is 6.54 Å². The summed E-state index contributed by atoms with van der Waals surface area (Å²) < 4.78 is 0. The lowest BCUT2D eigenvalue weighted by Gasteiger charge is -2.24. The van der Waals surface area contributed by atoms with Crippen LogP contribution in [0.5, 0.6) is 0 Å². The summed E-state index contributed by atoms with van der Waals surface area (Å²) >= 11 is 5.19. The molecule has 2 unspecified atom stereocenters. The van der Waals surface area contributed by atoms with Crippen LogP contribution in [0.2, 0.25) is 0 Å². The smallest absolute Gasteiger partial charge is 0.198 e. The fourth-order valence-corrected chi connectivity index (χ4v) is 2.69. The Bertz CT molecular complexity index is 474. The van der Waals surface area contributed by atoms with Crippen LogP contribution in [0.1, 0.15) is 39.5 Å². The first-order valence-electron chi connectivity index (χ1n) is 7.53. The number of amidine groups is 1. The minimum absolute atomic E-state index is 0.149. The van der Waals surface area contributed by atoms with E-state index in [0.29, 0.717) is 11.0 Å². The number of unbranched alkanes of at least 4 members (excludes halogenated alkanes) is 1. The number of rotatable bonds is 6. The maximum Gasteiger partial charge on any atom is 0.198 e. The summed E-state index contributed by atoms with van der Waals surface area (Å²) in [6.45, 7) is 5.36. The molecule has 4 heteroatoms. The predicted octanol–water partition coefficient (Wildman–Crippen LogP) is 3.67. The fourth-order valence-electron chi connectivity index (χ4n) is 2.48. The zero-order valence-electron chi connectivity index (χ0n) is 12.3. The van der Waals surface area contributed by atoms with Gasteiger partial charge in [-0.2, -0.15) is 0 Å². The van der Waals surface area contributed by atoms with Crippen molar-refractivity contribution in [1.82, 2.24) is 5.32 Å². The number of nitrogens with one attached hydrogen (secondary N) is 1. The summed E-state index contributed by atoms with van der Waals surface area (Å²) in [6, 6.07) is 0. The standard InChI is InChI=1S/C16H23N3S/c1-3-5-8-12(4-2)11-17-15-13-9-6-7-10-14(13)18-16(20)19-15/h6-7,9-10,12-13H,3-5,8,11H2,1-2H3,(H,17,19,20). The molecule has 2 rings (SSSR count). The molecule has 0 aromatic heterocycles. The summed E-state index contributed by atoms with van der Waals surface area (Å²) in [5.41, 5.74) is 0.997. The van der Waals surface area contributed by atoms with E-state index in [-0.39, 0.29) is 5.92 Å². The van der Waals surface area contributed by atoms with E-state index in [1.165, 1.54) is 25.7 Å². The molecule has 0 amide bonds. The maximum atomic E-state index is 5.19. The van der Waals surface area contributed by atoms with Crippen molar-refractivity contribution < 1.29 is 0 Å². The Hall–Kier alpha value is -1.29. The van der Waals surface area contributed by atoms with Gasteiger partial charge in [0.2, 0.25) is 0 Å². The number of hydrogen-bond acceptors (Lipinski definition) is 2. The molecule has 0 fully saturated rings. The Morgan fingerprint density at radius 2 is 2.25 bits per heavy atom. The van der Waals surface area contributed by atoms with E-state index in [2.05, 4.69) is 30.2 Å². The summed E-state index contributed by atoms with van der Waals surface area (Å²) in [5, 5.41) is 3.68. The van der Waals surface area contributed by atoms with E-state index in [1.54, 1.807) is 0 Å². The summed E-state index contributed by atoms with van der Waals surface area (Å²) in [5.74, 6) is 1.77. The van der Waals surface area contributed by atoms with Crippen molar-refractivity contribution in [2.75, 3.05) is 6.54 Å². The quantitative estimate of drug-likeness (QED) is 0.757. The van der Waals surface area contributed by atoms with Crippen molar-refractivity contribution in [3.05, 3.63) is 24.3 Å². The van der Waals surface area contributed by atoms with Crippen molar-refractivity contribution in [2.24, 2.45) is 21.8 Å². The van der Waals surface area contributed by atoms with Crippen LogP contribution in [0.15, 0.2) is 34.3 Å². The van der Waals surface area contributed by atoms with Crippen molar-refractivity contribution >= 4 is 28.9 Å². The molecule has 108 valence electrons. The number of hydrogen-bond donors (Lipinski definition) is 1. The van der Waals surface area contributed by atoms with Gasteiger partial charge in [-0.15, -0.1) is 0 Å². The highest BCUT2D eigenvalue weighted by Gasteiger charge is 2.25.